The number of carboxylic acid groups (broad SMARTS) is 1. The highest BCUT2D eigenvalue weighted by Crippen LogP contribution is 2.35. The fraction of sp³-hybridized carbons (Fsp3) is 0.286. The summed E-state index contributed by atoms with van der Waals surface area (Å²) >= 11 is 0. The Balaban J connectivity index is 1.69. The Labute approximate surface area is 168 Å². The van der Waals surface area contributed by atoms with Crippen LogP contribution >= 0.6 is 0 Å². The summed E-state index contributed by atoms with van der Waals surface area (Å²) in [4.78, 5) is 37.9. The molecule has 1 aliphatic rings. The fourth-order valence-electron chi connectivity index (χ4n) is 3.24. The van der Waals surface area contributed by atoms with Crippen LogP contribution in [0.2, 0.25) is 0 Å². The second kappa shape index (κ2) is 8.64. The van der Waals surface area contributed by atoms with Gasteiger partial charge in [0, 0.05) is 12.1 Å². The third-order valence-electron chi connectivity index (χ3n) is 4.71. The van der Waals surface area contributed by atoms with Crippen LogP contribution in [-0.2, 0) is 27.4 Å². The molecule has 1 aliphatic heterocycles. The second-order valence-corrected chi connectivity index (χ2v) is 6.69. The number of carboxylic acids is 1. The minimum atomic E-state index is -1.12. The van der Waals surface area contributed by atoms with Crippen molar-refractivity contribution in [2.24, 2.45) is 0 Å². The molecule has 2 N–H and O–H groups in total. The lowest BCUT2D eigenvalue weighted by atomic mass is 10.1. The van der Waals surface area contributed by atoms with Crippen molar-refractivity contribution in [1.29, 1.82) is 0 Å². The maximum atomic E-state index is 12.9. The number of nitrogens with zero attached hydrogens (tertiary/aromatic N) is 1. The monoisotopic (exact) mass is 398 g/mol. The number of nitrogens with one attached hydrogen (secondary N) is 1. The van der Waals surface area contributed by atoms with Gasteiger partial charge in [0.1, 0.15) is 24.4 Å². The number of carbonyl (C=O) groups excluding carboxylic acids is 2. The molecule has 0 aromatic heterocycles. The van der Waals surface area contributed by atoms with Crippen molar-refractivity contribution < 1.29 is 29.0 Å². The third-order valence-corrected chi connectivity index (χ3v) is 4.71. The van der Waals surface area contributed by atoms with E-state index in [1.54, 1.807) is 18.2 Å². The molecule has 1 heterocycles. The number of hydrogen-bond acceptors (Lipinski definition) is 5. The van der Waals surface area contributed by atoms with Gasteiger partial charge in [0.25, 0.3) is 0 Å². The van der Waals surface area contributed by atoms with Crippen LogP contribution in [0.4, 0.5) is 10.5 Å². The Morgan fingerprint density at radius 1 is 1.21 bits per heavy atom. The average molecular weight is 398 g/mol. The van der Waals surface area contributed by atoms with Crippen molar-refractivity contribution in [2.75, 3.05) is 12.0 Å². The first-order chi connectivity index (χ1) is 13.9. The molecule has 0 saturated heterocycles. The molecule has 0 bridgehead atoms. The number of ether oxygens (including phenoxy) is 2. The van der Waals surface area contributed by atoms with Gasteiger partial charge in [-0.05, 0) is 36.2 Å². The van der Waals surface area contributed by atoms with E-state index in [-0.39, 0.29) is 13.0 Å². The minimum Gasteiger partial charge on any atom is -0.497 e. The van der Waals surface area contributed by atoms with Crippen LogP contribution in [0.1, 0.15) is 18.1 Å². The lowest BCUT2D eigenvalue weighted by Gasteiger charge is -2.26. The summed E-state index contributed by atoms with van der Waals surface area (Å²) in [6, 6.07) is 12.2. The number of benzene rings is 2. The highest BCUT2D eigenvalue weighted by atomic mass is 16.5. The van der Waals surface area contributed by atoms with E-state index in [9.17, 15) is 19.5 Å². The third kappa shape index (κ3) is 4.48. The van der Waals surface area contributed by atoms with Crippen molar-refractivity contribution in [1.82, 2.24) is 5.32 Å². The van der Waals surface area contributed by atoms with E-state index < -0.39 is 30.1 Å². The standard InChI is InChI=1S/C21H22N2O6/c1-13(22-21(27)29-12-14-6-4-3-5-7-14)19(24)23-17-9-8-16(28-2)10-15(17)11-18(23)20(25)26/h3-10,13,18H,11-12H2,1-2H3,(H,22,27)(H,25,26)/t13-,18?/m0/s1. The van der Waals surface area contributed by atoms with E-state index in [0.717, 1.165) is 5.56 Å². The highest BCUT2D eigenvalue weighted by Gasteiger charge is 2.40. The van der Waals surface area contributed by atoms with E-state index in [4.69, 9.17) is 9.47 Å². The molecule has 1 unspecified atom stereocenters. The van der Waals surface area contributed by atoms with Gasteiger partial charge in [-0.1, -0.05) is 30.3 Å². The lowest BCUT2D eigenvalue weighted by molar-refractivity contribution is -0.140. The molecule has 29 heavy (non-hydrogen) atoms. The van der Waals surface area contributed by atoms with Crippen molar-refractivity contribution >= 4 is 23.7 Å². The molecule has 2 atom stereocenters. The van der Waals surface area contributed by atoms with E-state index in [1.807, 2.05) is 30.3 Å². The van der Waals surface area contributed by atoms with Gasteiger partial charge in [-0.25, -0.2) is 9.59 Å². The molecular formula is C21H22N2O6. The highest BCUT2D eigenvalue weighted by molar-refractivity contribution is 6.05. The molecule has 8 heteroatoms. The first-order valence-corrected chi connectivity index (χ1v) is 9.10. The number of methoxy groups -OCH3 is 1. The summed E-state index contributed by atoms with van der Waals surface area (Å²) in [7, 11) is 1.52. The van der Waals surface area contributed by atoms with Crippen LogP contribution in [-0.4, -0.2) is 42.3 Å². The maximum Gasteiger partial charge on any atom is 0.408 e. The van der Waals surface area contributed by atoms with E-state index >= 15 is 0 Å². The van der Waals surface area contributed by atoms with E-state index in [0.29, 0.717) is 17.0 Å². The topological polar surface area (TPSA) is 105 Å². The molecule has 3 rings (SSSR count). The van der Waals surface area contributed by atoms with Crippen molar-refractivity contribution in [3.63, 3.8) is 0 Å². The number of hydrogen-bond donors (Lipinski definition) is 2. The normalized spacial score (nSPS) is 15.9. The van der Waals surface area contributed by atoms with Crippen LogP contribution < -0.4 is 15.0 Å². The predicted molar refractivity (Wildman–Crippen MR) is 105 cm³/mol. The molecule has 0 fully saturated rings. The van der Waals surface area contributed by atoms with Crippen LogP contribution in [0, 0.1) is 0 Å². The summed E-state index contributed by atoms with van der Waals surface area (Å²) in [6.07, 6.45) is -0.588. The van der Waals surface area contributed by atoms with Gasteiger partial charge in [0.05, 0.1) is 7.11 Å². The van der Waals surface area contributed by atoms with Gasteiger partial charge in [-0.15, -0.1) is 0 Å². The molecular weight excluding hydrogens is 376 g/mol. The Hall–Kier alpha value is -3.55. The molecule has 0 spiro atoms. The fourth-order valence-corrected chi connectivity index (χ4v) is 3.24. The number of alkyl carbamates (subject to hydrolysis) is 1. The van der Waals surface area contributed by atoms with Gasteiger partial charge in [-0.2, -0.15) is 0 Å². The summed E-state index contributed by atoms with van der Waals surface area (Å²) in [5, 5.41) is 12.0. The Morgan fingerprint density at radius 3 is 2.59 bits per heavy atom. The zero-order valence-electron chi connectivity index (χ0n) is 16.1. The van der Waals surface area contributed by atoms with Gasteiger partial charge in [0.15, 0.2) is 0 Å². The molecule has 0 aliphatic carbocycles. The molecule has 0 radical (unpaired) electrons. The van der Waals surface area contributed by atoms with Gasteiger partial charge in [-0.3, -0.25) is 9.69 Å². The second-order valence-electron chi connectivity index (χ2n) is 6.69. The number of rotatable bonds is 6. The van der Waals surface area contributed by atoms with E-state index in [2.05, 4.69) is 5.32 Å². The molecule has 0 saturated carbocycles. The van der Waals surface area contributed by atoms with Crippen LogP contribution in [0.3, 0.4) is 0 Å². The number of aliphatic carboxylic acids is 1. The smallest absolute Gasteiger partial charge is 0.408 e. The first kappa shape index (κ1) is 20.2. The van der Waals surface area contributed by atoms with Gasteiger partial charge in [0.2, 0.25) is 5.91 Å². The minimum absolute atomic E-state index is 0.0671. The number of carbonyl (C=O) groups is 3. The summed E-state index contributed by atoms with van der Waals surface area (Å²) in [5.74, 6) is -1.07. The molecule has 2 aromatic rings. The number of anilines is 1. The predicted octanol–water partition coefficient (Wildman–Crippen LogP) is 2.35. The zero-order valence-corrected chi connectivity index (χ0v) is 16.1. The average Bonchev–Trinajstić information content (AvgIpc) is 3.11. The largest absolute Gasteiger partial charge is 0.497 e. The SMILES string of the molecule is COc1ccc2c(c1)CC(C(=O)O)N2C(=O)[C@H](C)NC(=O)OCc1ccccc1. The van der Waals surface area contributed by atoms with Crippen LogP contribution in [0.5, 0.6) is 5.75 Å². The Kier molecular flexibility index (Phi) is 6.01. The van der Waals surface area contributed by atoms with Gasteiger partial charge < -0.3 is 19.9 Å². The first-order valence-electron chi connectivity index (χ1n) is 9.10. The van der Waals surface area contributed by atoms with Crippen molar-refractivity contribution in [3.8, 4) is 5.75 Å². The van der Waals surface area contributed by atoms with Crippen LogP contribution in [0.15, 0.2) is 48.5 Å². The summed E-state index contributed by atoms with van der Waals surface area (Å²) in [6.45, 7) is 1.56. The van der Waals surface area contributed by atoms with Crippen molar-refractivity contribution in [3.05, 3.63) is 59.7 Å². The van der Waals surface area contributed by atoms with Crippen molar-refractivity contribution in [2.45, 2.75) is 32.0 Å². The Bertz CT molecular complexity index is 915. The van der Waals surface area contributed by atoms with E-state index in [1.165, 1.54) is 18.9 Å². The molecule has 2 aromatic carbocycles. The van der Waals surface area contributed by atoms with Crippen LogP contribution in [0.25, 0.3) is 0 Å². The summed E-state index contributed by atoms with van der Waals surface area (Å²) in [5.41, 5.74) is 2.01. The molecule has 2 amide bonds. The van der Waals surface area contributed by atoms with Gasteiger partial charge >= 0.3 is 12.1 Å². The lowest BCUT2D eigenvalue weighted by Crippen LogP contribution is -2.51. The molecule has 8 nitrogen and oxygen atoms in total. The molecule has 152 valence electrons. The maximum absolute atomic E-state index is 12.9. The summed E-state index contributed by atoms with van der Waals surface area (Å²) < 4.78 is 10.3. The zero-order chi connectivity index (χ0) is 21.0. The number of fused-ring (bicyclic) bond motifs is 1. The Morgan fingerprint density at radius 2 is 1.93 bits per heavy atom. The quantitative estimate of drug-likeness (QED) is 0.774. The number of amides is 2.